The second-order valence-corrected chi connectivity index (χ2v) is 9.85. The van der Waals surface area contributed by atoms with Crippen LogP contribution in [0, 0.1) is 0 Å². The van der Waals surface area contributed by atoms with Crippen LogP contribution in [0.3, 0.4) is 0 Å². The van der Waals surface area contributed by atoms with E-state index in [0.29, 0.717) is 12.8 Å². The summed E-state index contributed by atoms with van der Waals surface area (Å²) in [6.45, 7) is 8.86. The summed E-state index contributed by atoms with van der Waals surface area (Å²) in [5.41, 5.74) is 13.2. The Balaban J connectivity index is 1.24. The van der Waals surface area contributed by atoms with Crippen LogP contribution in [-0.2, 0) is 23.1 Å². The van der Waals surface area contributed by atoms with E-state index in [1.807, 2.05) is 0 Å². The van der Waals surface area contributed by atoms with Crippen LogP contribution >= 0.6 is 0 Å². The third kappa shape index (κ3) is 3.03. The molecule has 1 heteroatoms. The van der Waals surface area contributed by atoms with Crippen LogP contribution < -0.4 is 0 Å². The number of ketones is 1. The monoisotopic (exact) mass is 426 g/mol. The first-order valence-corrected chi connectivity index (χ1v) is 11.6. The molecule has 160 valence electrons. The van der Waals surface area contributed by atoms with Crippen molar-refractivity contribution in [3.8, 4) is 22.3 Å². The molecular weight excluding hydrogens is 400 g/mol. The molecule has 0 amide bonds. The number of Topliss-reactive ketones (excluding diaryl/α,β-unsaturated/α-hetero) is 1. The van der Waals surface area contributed by atoms with Gasteiger partial charge in [0.1, 0.15) is 5.78 Å². The van der Waals surface area contributed by atoms with Crippen LogP contribution in [0.2, 0.25) is 0 Å². The quantitative estimate of drug-likeness (QED) is 0.293. The molecule has 0 unspecified atom stereocenters. The van der Waals surface area contributed by atoms with Gasteiger partial charge in [0.25, 0.3) is 0 Å². The summed E-state index contributed by atoms with van der Waals surface area (Å²) in [6, 6.07) is 30.0. The Kier molecular flexibility index (Phi) is 4.32. The molecule has 0 saturated heterocycles. The number of hydrogen-bond acceptors (Lipinski definition) is 1. The molecule has 2 aliphatic carbocycles. The maximum Gasteiger partial charge on any atom is 0.141 e. The summed E-state index contributed by atoms with van der Waals surface area (Å²) in [5.74, 6) is 0.240. The van der Waals surface area contributed by atoms with Crippen LogP contribution in [0.5, 0.6) is 0 Å². The van der Waals surface area contributed by atoms with Gasteiger partial charge >= 0.3 is 0 Å². The fraction of sp³-hybridized carbons (Fsp3) is 0.156. The summed E-state index contributed by atoms with van der Waals surface area (Å²) in [6.07, 6.45) is 0.898. The largest absolute Gasteiger partial charge is 0.299 e. The summed E-state index contributed by atoms with van der Waals surface area (Å²) in [5, 5.41) is 0. The lowest BCUT2D eigenvalue weighted by Crippen LogP contribution is -2.15. The predicted octanol–water partition coefficient (Wildman–Crippen LogP) is 7.39. The number of hydrogen-bond donors (Lipinski definition) is 0. The molecule has 33 heavy (non-hydrogen) atoms. The molecule has 1 nitrogen and oxygen atoms in total. The molecule has 4 aromatic carbocycles. The number of carbonyl (C=O) groups excluding carboxylic acids is 1. The highest BCUT2D eigenvalue weighted by Gasteiger charge is 2.35. The summed E-state index contributed by atoms with van der Waals surface area (Å²) in [7, 11) is 0. The highest BCUT2D eigenvalue weighted by Crippen LogP contribution is 2.48. The van der Waals surface area contributed by atoms with E-state index in [0.717, 1.165) is 22.3 Å². The van der Waals surface area contributed by atoms with Gasteiger partial charge in [-0.2, -0.15) is 0 Å². The zero-order valence-electron chi connectivity index (χ0n) is 19.1. The van der Waals surface area contributed by atoms with Crippen molar-refractivity contribution in [2.75, 3.05) is 0 Å². The lowest BCUT2D eigenvalue weighted by molar-refractivity contribution is -0.117. The van der Waals surface area contributed by atoms with Crippen molar-refractivity contribution in [1.82, 2.24) is 0 Å². The topological polar surface area (TPSA) is 17.1 Å². The van der Waals surface area contributed by atoms with Gasteiger partial charge in [0.05, 0.1) is 0 Å². The van der Waals surface area contributed by atoms with Gasteiger partial charge in [0, 0.05) is 18.3 Å². The molecule has 4 aromatic rings. The number of carbonyl (C=O) groups is 1. The first-order valence-electron chi connectivity index (χ1n) is 11.6. The predicted molar refractivity (Wildman–Crippen MR) is 136 cm³/mol. The normalized spacial score (nSPS) is 14.4. The Hall–Kier alpha value is -3.71. The van der Waals surface area contributed by atoms with Gasteiger partial charge in [-0.05, 0) is 61.2 Å². The van der Waals surface area contributed by atoms with Crippen molar-refractivity contribution in [1.29, 1.82) is 0 Å². The molecular formula is C32H26O. The number of benzene rings is 4. The Morgan fingerprint density at radius 1 is 0.636 bits per heavy atom. The van der Waals surface area contributed by atoms with Gasteiger partial charge in [0.2, 0.25) is 0 Å². The lowest BCUT2D eigenvalue weighted by atomic mass is 9.81. The van der Waals surface area contributed by atoms with E-state index in [-0.39, 0.29) is 11.2 Å². The molecule has 0 aromatic heterocycles. The molecule has 0 N–H and O–H groups in total. The fourth-order valence-electron chi connectivity index (χ4n) is 5.69. The Bertz CT molecular complexity index is 1470. The van der Waals surface area contributed by atoms with Gasteiger partial charge in [-0.3, -0.25) is 4.79 Å². The van der Waals surface area contributed by atoms with E-state index in [4.69, 9.17) is 0 Å². The average molecular weight is 427 g/mol. The van der Waals surface area contributed by atoms with Crippen molar-refractivity contribution in [3.63, 3.8) is 0 Å². The van der Waals surface area contributed by atoms with Crippen molar-refractivity contribution in [3.05, 3.63) is 125 Å². The van der Waals surface area contributed by atoms with E-state index < -0.39 is 0 Å². The maximum absolute atomic E-state index is 13.0. The van der Waals surface area contributed by atoms with E-state index in [9.17, 15) is 4.79 Å². The molecule has 2 aliphatic rings. The zero-order valence-corrected chi connectivity index (χ0v) is 19.1. The van der Waals surface area contributed by atoms with Crippen LogP contribution in [0.4, 0.5) is 0 Å². The minimum absolute atomic E-state index is 0.0413. The molecule has 6 rings (SSSR count). The highest BCUT2D eigenvalue weighted by atomic mass is 16.1. The molecule has 0 atom stereocenters. The summed E-state index contributed by atoms with van der Waals surface area (Å²) >= 11 is 0. The van der Waals surface area contributed by atoms with E-state index >= 15 is 0 Å². The van der Waals surface area contributed by atoms with Crippen molar-refractivity contribution >= 4 is 11.4 Å². The standard InChI is InChI=1S/C32H26O/c1-20-24-8-4-5-9-25(24)26-14-12-21(18-29(20)26)16-23(33)17-22-13-15-28-27-10-6-7-11-30(27)32(2,3)31(28)19-22/h4-15,18-19H,1,16-17H2,2-3H3. The van der Waals surface area contributed by atoms with Gasteiger partial charge in [-0.15, -0.1) is 0 Å². The van der Waals surface area contributed by atoms with Crippen LogP contribution in [0.25, 0.3) is 27.8 Å². The third-order valence-corrected chi connectivity index (χ3v) is 7.40. The van der Waals surface area contributed by atoms with Gasteiger partial charge in [-0.25, -0.2) is 0 Å². The summed E-state index contributed by atoms with van der Waals surface area (Å²) < 4.78 is 0. The minimum atomic E-state index is -0.0413. The second kappa shape index (κ2) is 7.15. The first-order chi connectivity index (χ1) is 15.9. The number of fused-ring (bicyclic) bond motifs is 6. The average Bonchev–Trinajstić information content (AvgIpc) is 3.23. The molecule has 0 aliphatic heterocycles. The fourth-order valence-corrected chi connectivity index (χ4v) is 5.69. The summed E-state index contributed by atoms with van der Waals surface area (Å²) in [4.78, 5) is 13.0. The molecule has 0 radical (unpaired) electrons. The smallest absolute Gasteiger partial charge is 0.141 e. The van der Waals surface area contributed by atoms with Gasteiger partial charge in [-0.1, -0.05) is 105 Å². The lowest BCUT2D eigenvalue weighted by Gasteiger charge is -2.21. The van der Waals surface area contributed by atoms with E-state index in [1.165, 1.54) is 38.9 Å². The Morgan fingerprint density at radius 3 is 1.94 bits per heavy atom. The van der Waals surface area contributed by atoms with Gasteiger partial charge < -0.3 is 0 Å². The molecule has 0 heterocycles. The maximum atomic E-state index is 13.0. The highest BCUT2D eigenvalue weighted by molar-refractivity contribution is 6.00. The Labute approximate surface area is 195 Å². The molecule has 0 saturated carbocycles. The van der Waals surface area contributed by atoms with Crippen LogP contribution in [0.15, 0.2) is 91.5 Å². The van der Waals surface area contributed by atoms with Crippen molar-refractivity contribution in [2.45, 2.75) is 32.1 Å². The number of rotatable bonds is 4. The van der Waals surface area contributed by atoms with Gasteiger partial charge in [0.15, 0.2) is 0 Å². The van der Waals surface area contributed by atoms with Crippen molar-refractivity contribution in [2.24, 2.45) is 0 Å². The second-order valence-electron chi connectivity index (χ2n) is 9.85. The van der Waals surface area contributed by atoms with E-state index in [2.05, 4.69) is 105 Å². The molecule has 0 spiro atoms. The Morgan fingerprint density at radius 2 is 1.18 bits per heavy atom. The SMILES string of the molecule is C=C1c2ccccc2-c2ccc(CC(=O)Cc3ccc4c(c3)C(C)(C)c3ccccc3-4)cc21. The first kappa shape index (κ1) is 19.9. The van der Waals surface area contributed by atoms with E-state index in [1.54, 1.807) is 0 Å². The van der Waals surface area contributed by atoms with Crippen LogP contribution in [0.1, 0.15) is 47.2 Å². The molecule has 0 fully saturated rings. The molecule has 0 bridgehead atoms. The minimum Gasteiger partial charge on any atom is -0.299 e. The van der Waals surface area contributed by atoms with Crippen molar-refractivity contribution < 1.29 is 4.79 Å². The third-order valence-electron chi connectivity index (χ3n) is 7.40. The van der Waals surface area contributed by atoms with Crippen LogP contribution in [-0.4, -0.2) is 5.78 Å². The zero-order chi connectivity index (χ0) is 22.7.